The van der Waals surface area contributed by atoms with Crippen molar-refractivity contribution in [1.29, 1.82) is 0 Å². The highest BCUT2D eigenvalue weighted by Crippen LogP contribution is 2.56. The number of phenolic OH excluding ortho intramolecular Hbond substituents is 2. The molecule has 0 fully saturated rings. The van der Waals surface area contributed by atoms with Crippen LogP contribution in [0.1, 0.15) is 27.0 Å². The maximum Gasteiger partial charge on any atom is 0.549 e. The molecule has 0 aliphatic carbocycles. The molecule has 5 rings (SSSR count). The quantitative estimate of drug-likeness (QED) is 0.447. The van der Waals surface area contributed by atoms with E-state index in [-0.39, 0.29) is 11.5 Å². The van der Waals surface area contributed by atoms with Gasteiger partial charge in [0, 0.05) is 28.8 Å². The van der Waals surface area contributed by atoms with Gasteiger partial charge in [-0.25, -0.2) is 4.79 Å². The first kappa shape index (κ1) is 17.7. The monoisotopic (exact) mass is 392 g/mol. The third kappa shape index (κ3) is 2.46. The smallest absolute Gasteiger partial charge is 0.508 e. The molecule has 1 spiro atoms. The second-order valence-electron chi connectivity index (χ2n) is 6.16. The van der Waals surface area contributed by atoms with Crippen molar-refractivity contribution in [2.75, 3.05) is 0 Å². The second-order valence-corrected chi connectivity index (χ2v) is 6.33. The minimum Gasteiger partial charge on any atom is -0.508 e. The topological polar surface area (TPSA) is 110 Å². The Morgan fingerprint density at radius 1 is 0.786 bits per heavy atom. The molecule has 0 saturated heterocycles. The van der Waals surface area contributed by atoms with Gasteiger partial charge >= 0.3 is 15.3 Å². The molecule has 0 bridgehead atoms. The Labute approximate surface area is 160 Å². The summed E-state index contributed by atoms with van der Waals surface area (Å²) in [5, 5.41) is 19.7. The Hall–Kier alpha value is -3.65. The number of ether oxygens (including phenoxy) is 2. The number of phenols is 2. The molecular weight excluding hydrogens is 380 g/mol. The summed E-state index contributed by atoms with van der Waals surface area (Å²) in [6.45, 7) is 0. The molecule has 2 aliphatic heterocycles. The van der Waals surface area contributed by atoms with Crippen molar-refractivity contribution in [3.8, 4) is 23.0 Å². The van der Waals surface area contributed by atoms with Gasteiger partial charge in [0.05, 0.1) is 5.56 Å². The van der Waals surface area contributed by atoms with Crippen LogP contribution in [0.2, 0.25) is 0 Å². The lowest BCUT2D eigenvalue weighted by Crippen LogP contribution is -2.32. The number of hydrogen-bond acceptors (Lipinski definition) is 7. The molecule has 0 atom stereocenters. The van der Waals surface area contributed by atoms with E-state index in [4.69, 9.17) is 18.4 Å². The maximum atomic E-state index is 12.5. The first-order valence-electron chi connectivity index (χ1n) is 8.18. The van der Waals surface area contributed by atoms with Crippen LogP contribution >= 0.6 is 0 Å². The minimum atomic E-state index is -1.42. The lowest BCUT2D eigenvalue weighted by molar-refractivity contribution is 0.0224. The van der Waals surface area contributed by atoms with E-state index >= 15 is 0 Å². The van der Waals surface area contributed by atoms with Crippen LogP contribution in [0.5, 0.6) is 23.0 Å². The van der Waals surface area contributed by atoms with Gasteiger partial charge in [0.1, 0.15) is 23.0 Å². The third-order valence-electron chi connectivity index (χ3n) is 4.68. The normalized spacial score (nSPS) is 14.4. The van der Waals surface area contributed by atoms with Crippen molar-refractivity contribution < 1.29 is 33.4 Å². The van der Waals surface area contributed by atoms with E-state index in [2.05, 4.69) is 0 Å². The van der Waals surface area contributed by atoms with Crippen LogP contribution in [0.15, 0.2) is 60.7 Å². The zero-order valence-corrected chi connectivity index (χ0v) is 15.2. The number of esters is 1. The average molecular weight is 392 g/mol. The Morgan fingerprint density at radius 2 is 1.32 bits per heavy atom. The summed E-state index contributed by atoms with van der Waals surface area (Å²) in [4.78, 5) is 12.5. The molecule has 28 heavy (non-hydrogen) atoms. The van der Waals surface area contributed by atoms with Gasteiger partial charge in [-0.1, -0.05) is 18.2 Å². The summed E-state index contributed by atoms with van der Waals surface area (Å²) >= 11 is 0. The maximum absolute atomic E-state index is 12.5. The van der Waals surface area contributed by atoms with Gasteiger partial charge in [0.25, 0.3) is 0 Å². The summed E-state index contributed by atoms with van der Waals surface area (Å²) in [5.74, 6) is 0.408. The number of carbonyl (C=O) groups excluding carboxylic acids is 1. The van der Waals surface area contributed by atoms with Gasteiger partial charge in [-0.3, -0.25) is 8.92 Å². The van der Waals surface area contributed by atoms with Gasteiger partial charge in [0.15, 0.2) is 5.60 Å². The molecule has 138 valence electrons. The fourth-order valence-corrected chi connectivity index (χ4v) is 3.65. The summed E-state index contributed by atoms with van der Waals surface area (Å²) in [6, 6.07) is 16.6. The average Bonchev–Trinajstić information content (AvgIpc) is 2.96. The van der Waals surface area contributed by atoms with E-state index in [1.165, 1.54) is 24.3 Å². The predicted octanol–water partition coefficient (Wildman–Crippen LogP) is 3.05. The fraction of sp³-hybridized carbons (Fsp3) is 0.0500. The van der Waals surface area contributed by atoms with Crippen LogP contribution in [-0.4, -0.2) is 25.5 Å². The molecule has 0 aromatic heterocycles. The molecule has 2 N–H and O–H groups in total. The lowest BCUT2D eigenvalue weighted by atomic mass is 9.77. The summed E-state index contributed by atoms with van der Waals surface area (Å²) in [6.07, 6.45) is 0. The first-order valence-corrected chi connectivity index (χ1v) is 9.00. The SMILES string of the molecule is O=C1OC2(c3ccc(O)cc3Oc3cc(O)ccc32)c2ccccc21.O=[Si]=O. The fourth-order valence-electron chi connectivity index (χ4n) is 3.65. The van der Waals surface area contributed by atoms with E-state index in [9.17, 15) is 15.0 Å². The highest BCUT2D eigenvalue weighted by Gasteiger charge is 2.53. The molecule has 7 nitrogen and oxygen atoms in total. The van der Waals surface area contributed by atoms with E-state index in [1.807, 2.05) is 12.1 Å². The second kappa shape index (κ2) is 6.50. The van der Waals surface area contributed by atoms with Crippen molar-refractivity contribution in [1.82, 2.24) is 0 Å². The molecular formula is C20H12O7Si. The largest absolute Gasteiger partial charge is 0.549 e. The van der Waals surface area contributed by atoms with E-state index in [0.29, 0.717) is 33.8 Å². The van der Waals surface area contributed by atoms with Crippen molar-refractivity contribution >= 4 is 15.3 Å². The molecule has 0 radical (unpaired) electrons. The first-order chi connectivity index (χ1) is 13.5. The van der Waals surface area contributed by atoms with Crippen LogP contribution in [-0.2, 0) is 19.3 Å². The molecule has 8 heteroatoms. The summed E-state index contributed by atoms with van der Waals surface area (Å²) < 4.78 is 28.6. The minimum absolute atomic E-state index is 0.0371. The molecule has 3 aromatic rings. The van der Waals surface area contributed by atoms with Gasteiger partial charge < -0.3 is 19.7 Å². The van der Waals surface area contributed by atoms with E-state index < -0.39 is 20.9 Å². The number of rotatable bonds is 0. The number of fused-ring (bicyclic) bond motifs is 6. The number of hydrogen-bond donors (Lipinski definition) is 2. The van der Waals surface area contributed by atoms with Crippen molar-refractivity contribution in [2.24, 2.45) is 0 Å². The number of benzene rings is 3. The highest BCUT2D eigenvalue weighted by molar-refractivity contribution is 5.97. The summed E-state index contributed by atoms with van der Waals surface area (Å²) in [7, 11) is -1.42. The zero-order valence-electron chi connectivity index (χ0n) is 14.2. The molecule has 0 saturated carbocycles. The molecule has 2 heterocycles. The Balaban J connectivity index is 0.000000604. The number of aromatic hydroxyl groups is 2. The molecule has 0 amide bonds. The van der Waals surface area contributed by atoms with Crippen molar-refractivity contribution in [2.45, 2.75) is 5.60 Å². The van der Waals surface area contributed by atoms with Gasteiger partial charge in [-0.15, -0.1) is 0 Å². The third-order valence-corrected chi connectivity index (χ3v) is 4.68. The molecule has 0 unspecified atom stereocenters. The predicted molar refractivity (Wildman–Crippen MR) is 95.2 cm³/mol. The van der Waals surface area contributed by atoms with Crippen LogP contribution in [0.25, 0.3) is 0 Å². The summed E-state index contributed by atoms with van der Waals surface area (Å²) in [5.41, 5.74) is 1.28. The van der Waals surface area contributed by atoms with Crippen LogP contribution in [0, 0.1) is 0 Å². The Bertz CT molecular complexity index is 1100. The van der Waals surface area contributed by atoms with Gasteiger partial charge in [0.2, 0.25) is 0 Å². The van der Waals surface area contributed by atoms with Gasteiger partial charge in [-0.2, -0.15) is 0 Å². The highest BCUT2D eigenvalue weighted by atomic mass is 28.2. The van der Waals surface area contributed by atoms with Crippen molar-refractivity contribution in [3.05, 3.63) is 82.9 Å². The van der Waals surface area contributed by atoms with E-state index in [0.717, 1.165) is 0 Å². The van der Waals surface area contributed by atoms with Gasteiger partial charge in [-0.05, 0) is 30.3 Å². The van der Waals surface area contributed by atoms with E-state index in [1.54, 1.807) is 24.3 Å². The number of carbonyl (C=O) groups is 1. The van der Waals surface area contributed by atoms with Crippen molar-refractivity contribution in [3.63, 3.8) is 0 Å². The van der Waals surface area contributed by atoms with Crippen LogP contribution in [0.4, 0.5) is 0 Å². The van der Waals surface area contributed by atoms with Crippen LogP contribution < -0.4 is 4.74 Å². The Morgan fingerprint density at radius 3 is 1.89 bits per heavy atom. The molecule has 2 aliphatic rings. The standard InChI is InChI=1S/C20H12O5.O2Si/c21-11-5-7-15-17(9-11)24-18-10-12(22)6-8-16(18)20(15)14-4-2-1-3-13(14)19(23)25-20;1-3-2/h1-10,21-22H;. The van der Waals surface area contributed by atoms with Crippen LogP contribution in [0.3, 0.4) is 0 Å². The Kier molecular flexibility index (Phi) is 4.12. The lowest BCUT2D eigenvalue weighted by Gasteiger charge is -2.36. The molecule has 3 aromatic carbocycles. The zero-order chi connectivity index (χ0) is 19.9.